The van der Waals surface area contributed by atoms with Crippen LogP contribution < -0.4 is 0 Å². The van der Waals surface area contributed by atoms with Gasteiger partial charge < -0.3 is 5.11 Å². The van der Waals surface area contributed by atoms with Crippen molar-refractivity contribution in [3.8, 4) is 0 Å². The lowest BCUT2D eigenvalue weighted by atomic mass is 9.71. The molecule has 0 saturated heterocycles. The maximum atomic E-state index is 10.3. The first kappa shape index (κ1) is 13.1. The van der Waals surface area contributed by atoms with Crippen LogP contribution in [0.15, 0.2) is 24.3 Å². The molecule has 1 saturated carbocycles. The van der Waals surface area contributed by atoms with Crippen molar-refractivity contribution in [2.45, 2.75) is 52.3 Å². The largest absolute Gasteiger partial charge is 0.393 e. The molecule has 2 aliphatic rings. The van der Waals surface area contributed by atoms with Crippen LogP contribution in [0, 0.1) is 11.3 Å². The molecular weight excluding hydrogens is 234 g/mol. The third-order valence-electron chi connectivity index (χ3n) is 4.87. The summed E-state index contributed by atoms with van der Waals surface area (Å²) in [5.74, 6) is 0.443. The fraction of sp³-hybridized carbons (Fsp3) is 0.647. The molecular formula is C17H25NO. The molecule has 2 atom stereocenters. The molecule has 1 aromatic rings. The lowest BCUT2D eigenvalue weighted by molar-refractivity contribution is 0.00351. The quantitative estimate of drug-likeness (QED) is 0.881. The number of hydrogen-bond acceptors (Lipinski definition) is 2. The molecule has 104 valence electrons. The van der Waals surface area contributed by atoms with Crippen molar-refractivity contribution in [3.63, 3.8) is 0 Å². The van der Waals surface area contributed by atoms with Crippen LogP contribution in [0.2, 0.25) is 0 Å². The Balaban J connectivity index is 1.64. The minimum Gasteiger partial charge on any atom is -0.393 e. The van der Waals surface area contributed by atoms with Gasteiger partial charge in [0.15, 0.2) is 0 Å². The monoisotopic (exact) mass is 259 g/mol. The Bertz CT molecular complexity index is 429. The van der Waals surface area contributed by atoms with Crippen LogP contribution >= 0.6 is 0 Å². The molecule has 1 aliphatic carbocycles. The van der Waals surface area contributed by atoms with Crippen LogP contribution in [0.5, 0.6) is 0 Å². The Kier molecular flexibility index (Phi) is 3.40. The summed E-state index contributed by atoms with van der Waals surface area (Å²) >= 11 is 0. The Morgan fingerprint density at radius 1 is 1.21 bits per heavy atom. The average Bonchev–Trinajstić information content (AvgIpc) is 2.76. The van der Waals surface area contributed by atoms with E-state index >= 15 is 0 Å². The fourth-order valence-electron chi connectivity index (χ4n) is 3.77. The summed E-state index contributed by atoms with van der Waals surface area (Å²) in [6, 6.07) is 8.72. The van der Waals surface area contributed by atoms with Crippen LogP contribution in [0.4, 0.5) is 0 Å². The van der Waals surface area contributed by atoms with Crippen molar-refractivity contribution in [1.29, 1.82) is 0 Å². The third-order valence-corrected chi connectivity index (χ3v) is 4.87. The normalized spacial score (nSPS) is 30.3. The van der Waals surface area contributed by atoms with Gasteiger partial charge in [-0.3, -0.25) is 4.90 Å². The molecule has 1 aromatic carbocycles. The highest BCUT2D eigenvalue weighted by Crippen LogP contribution is 2.39. The van der Waals surface area contributed by atoms with E-state index in [1.807, 2.05) is 0 Å². The van der Waals surface area contributed by atoms with Gasteiger partial charge >= 0.3 is 0 Å². The maximum Gasteiger partial charge on any atom is 0.0581 e. The first-order valence-electron chi connectivity index (χ1n) is 7.51. The second kappa shape index (κ2) is 4.92. The zero-order chi connectivity index (χ0) is 13.5. The highest BCUT2D eigenvalue weighted by Gasteiger charge is 2.35. The number of fused-ring (bicyclic) bond motifs is 1. The van der Waals surface area contributed by atoms with E-state index in [9.17, 15) is 5.11 Å². The van der Waals surface area contributed by atoms with E-state index in [1.54, 1.807) is 0 Å². The molecule has 3 rings (SSSR count). The summed E-state index contributed by atoms with van der Waals surface area (Å²) in [5, 5.41) is 10.3. The van der Waals surface area contributed by atoms with Crippen molar-refractivity contribution in [2.75, 3.05) is 6.54 Å². The van der Waals surface area contributed by atoms with Crippen molar-refractivity contribution in [3.05, 3.63) is 35.4 Å². The molecule has 2 nitrogen and oxygen atoms in total. The van der Waals surface area contributed by atoms with Crippen LogP contribution in [-0.2, 0) is 13.1 Å². The Morgan fingerprint density at radius 3 is 2.47 bits per heavy atom. The van der Waals surface area contributed by atoms with Gasteiger partial charge in [-0.25, -0.2) is 0 Å². The summed E-state index contributed by atoms with van der Waals surface area (Å²) < 4.78 is 0. The molecule has 2 heteroatoms. The third kappa shape index (κ3) is 2.85. The van der Waals surface area contributed by atoms with Gasteiger partial charge in [0.1, 0.15) is 0 Å². The topological polar surface area (TPSA) is 23.5 Å². The van der Waals surface area contributed by atoms with E-state index in [1.165, 1.54) is 11.1 Å². The molecule has 0 aromatic heterocycles. The maximum absolute atomic E-state index is 10.3. The fourth-order valence-corrected chi connectivity index (χ4v) is 3.77. The van der Waals surface area contributed by atoms with Crippen molar-refractivity contribution < 1.29 is 5.11 Å². The summed E-state index contributed by atoms with van der Waals surface area (Å²) in [4.78, 5) is 2.50. The standard InChI is InChI=1S/C17H25NO/c1-17(2)8-7-16(19)15(9-17)12-18-10-13-5-3-4-6-14(13)11-18/h3-6,15-16,19H,7-12H2,1-2H3. The first-order valence-corrected chi connectivity index (χ1v) is 7.51. The lowest BCUT2D eigenvalue weighted by Gasteiger charge is -2.40. The predicted octanol–water partition coefficient (Wildman–Crippen LogP) is 3.19. The van der Waals surface area contributed by atoms with Gasteiger partial charge in [-0.1, -0.05) is 38.1 Å². The number of nitrogens with zero attached hydrogens (tertiary/aromatic N) is 1. The second-order valence-electron chi connectivity index (χ2n) is 7.17. The van der Waals surface area contributed by atoms with E-state index in [2.05, 4.69) is 43.0 Å². The molecule has 0 bridgehead atoms. The molecule has 0 amide bonds. The van der Waals surface area contributed by atoms with Gasteiger partial charge in [0.2, 0.25) is 0 Å². The van der Waals surface area contributed by atoms with Crippen molar-refractivity contribution in [2.24, 2.45) is 11.3 Å². The van der Waals surface area contributed by atoms with Gasteiger partial charge in [0, 0.05) is 19.6 Å². The molecule has 1 aliphatic heterocycles. The molecule has 2 unspecified atom stereocenters. The van der Waals surface area contributed by atoms with Crippen LogP contribution in [0.1, 0.15) is 44.2 Å². The van der Waals surface area contributed by atoms with Crippen molar-refractivity contribution >= 4 is 0 Å². The van der Waals surface area contributed by atoms with Crippen LogP contribution in [0.25, 0.3) is 0 Å². The molecule has 1 fully saturated rings. The van der Waals surface area contributed by atoms with E-state index in [0.717, 1.165) is 38.9 Å². The zero-order valence-electron chi connectivity index (χ0n) is 12.1. The van der Waals surface area contributed by atoms with Gasteiger partial charge in [0.05, 0.1) is 6.10 Å². The molecule has 1 N–H and O–H groups in total. The Hall–Kier alpha value is -0.860. The molecule has 19 heavy (non-hydrogen) atoms. The minimum atomic E-state index is -0.100. The van der Waals surface area contributed by atoms with Gasteiger partial charge in [-0.05, 0) is 41.7 Å². The molecule has 0 spiro atoms. The minimum absolute atomic E-state index is 0.100. The van der Waals surface area contributed by atoms with E-state index in [0.29, 0.717) is 11.3 Å². The van der Waals surface area contributed by atoms with E-state index < -0.39 is 0 Å². The predicted molar refractivity (Wildman–Crippen MR) is 77.7 cm³/mol. The summed E-state index contributed by atoms with van der Waals surface area (Å²) in [5.41, 5.74) is 3.33. The Morgan fingerprint density at radius 2 is 1.84 bits per heavy atom. The second-order valence-corrected chi connectivity index (χ2v) is 7.17. The number of hydrogen-bond donors (Lipinski definition) is 1. The summed E-state index contributed by atoms with van der Waals surface area (Å²) in [6.45, 7) is 7.83. The van der Waals surface area contributed by atoms with Gasteiger partial charge in [-0.15, -0.1) is 0 Å². The molecule has 0 radical (unpaired) electrons. The van der Waals surface area contributed by atoms with Crippen LogP contribution in [-0.4, -0.2) is 22.7 Å². The highest BCUT2D eigenvalue weighted by molar-refractivity contribution is 5.30. The van der Waals surface area contributed by atoms with E-state index in [4.69, 9.17) is 0 Å². The smallest absolute Gasteiger partial charge is 0.0581 e. The lowest BCUT2D eigenvalue weighted by Crippen LogP contribution is -2.39. The van der Waals surface area contributed by atoms with Gasteiger partial charge in [-0.2, -0.15) is 0 Å². The number of rotatable bonds is 2. The number of aliphatic hydroxyl groups is 1. The number of benzene rings is 1. The van der Waals surface area contributed by atoms with Crippen LogP contribution in [0.3, 0.4) is 0 Å². The van der Waals surface area contributed by atoms with Gasteiger partial charge in [0.25, 0.3) is 0 Å². The van der Waals surface area contributed by atoms with E-state index in [-0.39, 0.29) is 6.10 Å². The first-order chi connectivity index (χ1) is 9.03. The van der Waals surface area contributed by atoms with Crippen molar-refractivity contribution in [1.82, 2.24) is 4.90 Å². The SMILES string of the molecule is CC1(C)CCC(O)C(CN2Cc3ccccc3C2)C1. The summed E-state index contributed by atoms with van der Waals surface area (Å²) in [7, 11) is 0. The zero-order valence-corrected chi connectivity index (χ0v) is 12.1. The Labute approximate surface area is 116 Å². The highest BCUT2D eigenvalue weighted by atomic mass is 16.3. The average molecular weight is 259 g/mol. The molecule has 1 heterocycles. The summed E-state index contributed by atoms with van der Waals surface area (Å²) in [6.07, 6.45) is 3.18. The number of aliphatic hydroxyl groups excluding tert-OH is 1.